The smallest absolute Gasteiger partial charge is 0.0704 e. The van der Waals surface area contributed by atoms with Crippen LogP contribution < -0.4 is 5.73 Å². The van der Waals surface area contributed by atoms with Gasteiger partial charge in [-0.25, -0.2) is 0 Å². The van der Waals surface area contributed by atoms with Crippen LogP contribution in [-0.2, 0) is 6.61 Å². The summed E-state index contributed by atoms with van der Waals surface area (Å²) in [4.78, 5) is 0. The highest BCUT2D eigenvalue weighted by molar-refractivity contribution is 5.33. The molecule has 0 spiro atoms. The quantitative estimate of drug-likeness (QED) is 0.670. The van der Waals surface area contributed by atoms with Crippen molar-refractivity contribution in [1.29, 1.82) is 0 Å². The third-order valence-electron chi connectivity index (χ3n) is 2.41. The molecule has 0 aliphatic rings. The van der Waals surface area contributed by atoms with Crippen molar-refractivity contribution in [2.24, 2.45) is 5.73 Å². The molecule has 1 aromatic rings. The average Bonchev–Trinajstić information content (AvgIpc) is 2.17. The largest absolute Gasteiger partial charge is 0.392 e. The van der Waals surface area contributed by atoms with Gasteiger partial charge in [0.05, 0.1) is 18.8 Å². The molecule has 0 bridgehead atoms. The summed E-state index contributed by atoms with van der Waals surface area (Å²) in [6.07, 6.45) is -0.581. The molecule has 3 nitrogen and oxygen atoms in total. The molecule has 0 aliphatic carbocycles. The van der Waals surface area contributed by atoms with Gasteiger partial charge in [0, 0.05) is 0 Å². The summed E-state index contributed by atoms with van der Waals surface area (Å²) in [5, 5.41) is 18.3. The first-order chi connectivity index (χ1) is 6.56. The lowest BCUT2D eigenvalue weighted by atomic mass is 9.96. The molecule has 0 amide bonds. The molecule has 2 unspecified atom stereocenters. The van der Waals surface area contributed by atoms with Crippen molar-refractivity contribution in [2.45, 2.75) is 32.6 Å². The first kappa shape index (κ1) is 11.2. The van der Waals surface area contributed by atoms with Crippen molar-refractivity contribution in [3.8, 4) is 0 Å². The summed E-state index contributed by atoms with van der Waals surface area (Å²) < 4.78 is 0. The molecular weight excluding hydrogens is 178 g/mol. The lowest BCUT2D eigenvalue weighted by Gasteiger charge is -2.18. The second kappa shape index (κ2) is 4.55. The highest BCUT2D eigenvalue weighted by atomic mass is 16.3. The lowest BCUT2D eigenvalue weighted by Crippen LogP contribution is -2.24. The third kappa shape index (κ3) is 2.32. The molecule has 3 heteroatoms. The summed E-state index contributed by atoms with van der Waals surface area (Å²) >= 11 is 0. The van der Waals surface area contributed by atoms with Crippen LogP contribution in [0.2, 0.25) is 0 Å². The summed E-state index contributed by atoms with van der Waals surface area (Å²) in [5.41, 5.74) is 8.58. The van der Waals surface area contributed by atoms with E-state index in [0.29, 0.717) is 0 Å². The predicted molar refractivity (Wildman–Crippen MR) is 55.7 cm³/mol. The topological polar surface area (TPSA) is 66.5 Å². The monoisotopic (exact) mass is 195 g/mol. The molecule has 78 valence electrons. The molecule has 0 aliphatic heterocycles. The highest BCUT2D eigenvalue weighted by Gasteiger charge is 2.14. The maximum absolute atomic E-state index is 9.37. The molecule has 0 heterocycles. The molecule has 4 N–H and O–H groups in total. The summed E-state index contributed by atoms with van der Waals surface area (Å²) in [6, 6.07) is 5.21. The number of hydrogen-bond donors (Lipinski definition) is 3. The minimum absolute atomic E-state index is 0.000189. The maximum atomic E-state index is 9.37. The summed E-state index contributed by atoms with van der Waals surface area (Å²) in [5.74, 6) is 0. The predicted octanol–water partition coefficient (Wildman–Crippen LogP) is 0.868. The lowest BCUT2D eigenvalue weighted by molar-refractivity contribution is 0.164. The average molecular weight is 195 g/mol. The van der Waals surface area contributed by atoms with Gasteiger partial charge in [-0.15, -0.1) is 0 Å². The molecule has 0 fully saturated rings. The Morgan fingerprint density at radius 2 is 2.07 bits per heavy atom. The van der Waals surface area contributed by atoms with E-state index in [-0.39, 0.29) is 12.6 Å². The number of benzene rings is 1. The molecule has 0 saturated heterocycles. The van der Waals surface area contributed by atoms with Crippen LogP contribution in [0.3, 0.4) is 0 Å². The van der Waals surface area contributed by atoms with Crippen LogP contribution in [0.15, 0.2) is 18.2 Å². The van der Waals surface area contributed by atoms with Crippen molar-refractivity contribution < 1.29 is 10.2 Å². The van der Waals surface area contributed by atoms with E-state index in [1.54, 1.807) is 6.92 Å². The zero-order valence-corrected chi connectivity index (χ0v) is 8.57. The Hall–Kier alpha value is -0.900. The summed E-state index contributed by atoms with van der Waals surface area (Å²) in [7, 11) is 0. The van der Waals surface area contributed by atoms with Crippen LogP contribution in [0.25, 0.3) is 0 Å². The van der Waals surface area contributed by atoms with E-state index in [0.717, 1.165) is 16.7 Å². The summed E-state index contributed by atoms with van der Waals surface area (Å²) in [6.45, 7) is 3.61. The van der Waals surface area contributed by atoms with E-state index in [4.69, 9.17) is 10.8 Å². The maximum Gasteiger partial charge on any atom is 0.0704 e. The standard InChI is InChI=1S/C11H17NO2/c1-7-3-4-9(6-13)5-10(7)11(12)8(2)14/h3-5,8,11,13-14H,6,12H2,1-2H3. The van der Waals surface area contributed by atoms with Gasteiger partial charge >= 0.3 is 0 Å². The van der Waals surface area contributed by atoms with Crippen molar-refractivity contribution in [3.05, 3.63) is 34.9 Å². The minimum Gasteiger partial charge on any atom is -0.392 e. The SMILES string of the molecule is Cc1ccc(CO)cc1C(N)C(C)O. The molecule has 0 radical (unpaired) electrons. The molecule has 1 rings (SSSR count). The van der Waals surface area contributed by atoms with Gasteiger partial charge < -0.3 is 15.9 Å². The van der Waals surface area contributed by atoms with E-state index in [1.807, 2.05) is 25.1 Å². The van der Waals surface area contributed by atoms with Crippen LogP contribution in [-0.4, -0.2) is 16.3 Å². The highest BCUT2D eigenvalue weighted by Crippen LogP contribution is 2.20. The first-order valence-corrected chi connectivity index (χ1v) is 4.70. The normalized spacial score (nSPS) is 15.2. The van der Waals surface area contributed by atoms with Crippen LogP contribution in [0.5, 0.6) is 0 Å². The van der Waals surface area contributed by atoms with Gasteiger partial charge in [0.25, 0.3) is 0 Å². The van der Waals surface area contributed by atoms with Crippen molar-refractivity contribution >= 4 is 0 Å². The Labute approximate surface area is 84.2 Å². The minimum atomic E-state index is -0.581. The fraction of sp³-hybridized carbons (Fsp3) is 0.455. The zero-order valence-electron chi connectivity index (χ0n) is 8.57. The van der Waals surface area contributed by atoms with Gasteiger partial charge in [-0.2, -0.15) is 0 Å². The Balaban J connectivity index is 3.05. The van der Waals surface area contributed by atoms with E-state index >= 15 is 0 Å². The van der Waals surface area contributed by atoms with Gasteiger partial charge in [0.1, 0.15) is 0 Å². The van der Waals surface area contributed by atoms with Crippen molar-refractivity contribution in [3.63, 3.8) is 0 Å². The van der Waals surface area contributed by atoms with Gasteiger partial charge in [0.15, 0.2) is 0 Å². The Morgan fingerprint density at radius 3 is 2.57 bits per heavy atom. The number of nitrogens with two attached hydrogens (primary N) is 1. The van der Waals surface area contributed by atoms with E-state index in [1.165, 1.54) is 0 Å². The van der Waals surface area contributed by atoms with Gasteiger partial charge in [-0.3, -0.25) is 0 Å². The van der Waals surface area contributed by atoms with Gasteiger partial charge in [0.2, 0.25) is 0 Å². The van der Waals surface area contributed by atoms with Crippen LogP contribution in [0, 0.1) is 6.92 Å². The van der Waals surface area contributed by atoms with Crippen LogP contribution in [0.4, 0.5) is 0 Å². The number of aliphatic hydroxyl groups excluding tert-OH is 2. The number of rotatable bonds is 3. The van der Waals surface area contributed by atoms with E-state index < -0.39 is 6.10 Å². The first-order valence-electron chi connectivity index (χ1n) is 4.70. The molecule has 14 heavy (non-hydrogen) atoms. The molecule has 1 aromatic carbocycles. The molecular formula is C11H17NO2. The van der Waals surface area contributed by atoms with E-state index in [9.17, 15) is 5.11 Å². The van der Waals surface area contributed by atoms with Gasteiger partial charge in [-0.05, 0) is 30.5 Å². The fourth-order valence-corrected chi connectivity index (χ4v) is 1.41. The van der Waals surface area contributed by atoms with Crippen molar-refractivity contribution in [1.82, 2.24) is 0 Å². The van der Waals surface area contributed by atoms with Crippen molar-refractivity contribution in [2.75, 3.05) is 0 Å². The van der Waals surface area contributed by atoms with Crippen LogP contribution >= 0.6 is 0 Å². The van der Waals surface area contributed by atoms with E-state index in [2.05, 4.69) is 0 Å². The zero-order chi connectivity index (χ0) is 10.7. The second-order valence-corrected chi connectivity index (χ2v) is 3.62. The number of hydrogen-bond acceptors (Lipinski definition) is 3. The Kier molecular flexibility index (Phi) is 3.63. The Morgan fingerprint density at radius 1 is 1.43 bits per heavy atom. The number of aliphatic hydroxyl groups is 2. The third-order valence-corrected chi connectivity index (χ3v) is 2.41. The molecule has 0 saturated carbocycles. The Bertz CT molecular complexity index is 310. The molecule has 0 aromatic heterocycles. The fourth-order valence-electron chi connectivity index (χ4n) is 1.41. The molecule has 2 atom stereocenters. The van der Waals surface area contributed by atoms with Crippen LogP contribution in [0.1, 0.15) is 29.7 Å². The van der Waals surface area contributed by atoms with Gasteiger partial charge in [-0.1, -0.05) is 18.2 Å². The number of aryl methyl sites for hydroxylation is 1. The second-order valence-electron chi connectivity index (χ2n) is 3.62.